The summed E-state index contributed by atoms with van der Waals surface area (Å²) in [5.41, 5.74) is -0.640. The van der Waals surface area contributed by atoms with Crippen LogP contribution in [0.1, 0.15) is 111 Å². The van der Waals surface area contributed by atoms with Gasteiger partial charge in [-0.1, -0.05) is 45.3 Å². The van der Waals surface area contributed by atoms with Crippen LogP contribution in [-0.4, -0.2) is 34.6 Å². The van der Waals surface area contributed by atoms with E-state index >= 15 is 0 Å². The number of hydrogen-bond donors (Lipinski definition) is 1. The number of carbonyl (C=O) groups is 2. The summed E-state index contributed by atoms with van der Waals surface area (Å²) in [4.78, 5) is 28.4. The maximum Gasteiger partial charge on any atom is 0.389 e. The van der Waals surface area contributed by atoms with Crippen molar-refractivity contribution in [3.8, 4) is 0 Å². The number of aliphatic hydroxyl groups is 1. The van der Waals surface area contributed by atoms with E-state index in [1.807, 2.05) is 13.0 Å². The quantitative estimate of drug-likeness (QED) is 0.392. The van der Waals surface area contributed by atoms with Crippen molar-refractivity contribution in [3.05, 3.63) is 29.2 Å². The molecule has 0 aromatic carbocycles. The van der Waals surface area contributed by atoms with Crippen molar-refractivity contribution in [3.63, 3.8) is 0 Å². The SMILES string of the molecule is CC1(C)CC[C@]2(C(=O)CCC(F)(F)F)CC[C@]3(C)[C@H](C(=O)C=C4[C@@]5(C)Cc6cnoc6[C@@](C)(CO)[C@@H]5CC[C@]43C)[C@@H]2C1. The average molecular weight is 590 g/mol. The molecule has 0 unspecified atom stereocenters. The van der Waals surface area contributed by atoms with Gasteiger partial charge in [-0.05, 0) is 97.9 Å². The fourth-order valence-corrected chi connectivity index (χ4v) is 11.3. The van der Waals surface area contributed by atoms with E-state index in [1.165, 1.54) is 0 Å². The third-order valence-electron chi connectivity index (χ3n) is 13.7. The van der Waals surface area contributed by atoms with Crippen LogP contribution >= 0.6 is 0 Å². The smallest absolute Gasteiger partial charge is 0.389 e. The van der Waals surface area contributed by atoms with Gasteiger partial charge in [0.25, 0.3) is 0 Å². The Hall–Kier alpha value is -1.96. The number of carbonyl (C=O) groups excluding carboxylic acids is 2. The molecular weight excluding hydrogens is 543 g/mol. The first kappa shape index (κ1) is 30.1. The zero-order chi connectivity index (χ0) is 30.7. The van der Waals surface area contributed by atoms with Crippen LogP contribution in [0.3, 0.4) is 0 Å². The summed E-state index contributed by atoms with van der Waals surface area (Å²) >= 11 is 0. The standard InChI is InChI=1S/C34H46F3NO4/c1-28(2)11-13-33(25(41)8-10-34(35,36)37)14-12-32(6)26(21(33)17-28)22(40)15-24-29(3)16-20-18-38-42-27(20)30(4,19-39)23(29)7-9-31(24,32)5/h15,18,21,23,26,39H,7-14,16-17,19H2,1-6H3/t21-,23+,26-,29-,30-,31+,32+,33-/m0/s1. The molecule has 0 bridgehead atoms. The third-order valence-corrected chi connectivity index (χ3v) is 13.7. The highest BCUT2D eigenvalue weighted by molar-refractivity contribution is 5.97. The lowest BCUT2D eigenvalue weighted by Crippen LogP contribution is -2.66. The summed E-state index contributed by atoms with van der Waals surface area (Å²) in [6.07, 6.45) is 3.19. The molecule has 6 rings (SSSR count). The number of alkyl halides is 3. The van der Waals surface area contributed by atoms with E-state index in [0.717, 1.165) is 36.2 Å². The molecule has 42 heavy (non-hydrogen) atoms. The lowest BCUT2D eigenvalue weighted by atomic mass is 9.33. The number of aromatic nitrogens is 1. The Morgan fingerprint density at radius 3 is 2.43 bits per heavy atom. The Bertz CT molecular complexity index is 1350. The molecule has 1 aromatic rings. The molecule has 8 atom stereocenters. The number of fused-ring (bicyclic) bond motifs is 8. The highest BCUT2D eigenvalue weighted by atomic mass is 19.4. The second kappa shape index (κ2) is 9.04. The minimum absolute atomic E-state index is 0.0315. The Kier molecular flexibility index (Phi) is 6.48. The zero-order valence-corrected chi connectivity index (χ0v) is 25.9. The second-order valence-corrected chi connectivity index (χ2v) is 16.3. The first-order chi connectivity index (χ1) is 19.4. The zero-order valence-electron chi connectivity index (χ0n) is 25.9. The monoisotopic (exact) mass is 589 g/mol. The maximum atomic E-state index is 14.6. The summed E-state index contributed by atoms with van der Waals surface area (Å²) in [5, 5.41) is 14.8. The summed E-state index contributed by atoms with van der Waals surface area (Å²) in [6, 6.07) is 0. The predicted octanol–water partition coefficient (Wildman–Crippen LogP) is 7.55. The first-order valence-electron chi connectivity index (χ1n) is 15.8. The highest BCUT2D eigenvalue weighted by Crippen LogP contribution is 2.75. The average Bonchev–Trinajstić information content (AvgIpc) is 3.36. The number of allylic oxidation sites excluding steroid dienone is 2. The van der Waals surface area contributed by atoms with Crippen molar-refractivity contribution in [2.24, 2.45) is 44.8 Å². The van der Waals surface area contributed by atoms with Crippen molar-refractivity contribution in [1.29, 1.82) is 0 Å². The number of halogens is 3. The van der Waals surface area contributed by atoms with E-state index in [1.54, 1.807) is 6.20 Å². The van der Waals surface area contributed by atoms with Gasteiger partial charge < -0.3 is 9.63 Å². The second-order valence-electron chi connectivity index (χ2n) is 16.3. The van der Waals surface area contributed by atoms with Crippen LogP contribution in [0.2, 0.25) is 0 Å². The van der Waals surface area contributed by atoms with E-state index in [2.05, 4.69) is 39.8 Å². The molecule has 0 amide bonds. The van der Waals surface area contributed by atoms with Gasteiger partial charge >= 0.3 is 6.18 Å². The summed E-state index contributed by atoms with van der Waals surface area (Å²) in [6.45, 7) is 13.1. The minimum Gasteiger partial charge on any atom is -0.395 e. The molecular formula is C34H46F3NO4. The van der Waals surface area contributed by atoms with Gasteiger partial charge in [0.15, 0.2) is 5.78 Å². The van der Waals surface area contributed by atoms with Crippen LogP contribution in [0.4, 0.5) is 13.2 Å². The number of ketones is 2. The lowest BCUT2D eigenvalue weighted by Gasteiger charge is -2.69. The number of Topliss-reactive ketones (excluding diaryl/α,β-unsaturated/α-hetero) is 1. The lowest BCUT2D eigenvalue weighted by molar-refractivity contribution is -0.181. The highest BCUT2D eigenvalue weighted by Gasteiger charge is 2.71. The van der Waals surface area contributed by atoms with Crippen LogP contribution in [0.25, 0.3) is 0 Å². The van der Waals surface area contributed by atoms with Gasteiger partial charge in [-0.3, -0.25) is 9.59 Å². The number of aliphatic hydroxyl groups excluding tert-OH is 1. The third kappa shape index (κ3) is 3.88. The van der Waals surface area contributed by atoms with Crippen LogP contribution in [-0.2, 0) is 21.4 Å². The van der Waals surface area contributed by atoms with Crippen molar-refractivity contribution >= 4 is 11.6 Å². The van der Waals surface area contributed by atoms with E-state index in [-0.39, 0.29) is 40.8 Å². The molecule has 1 N–H and O–H groups in total. The molecule has 0 saturated heterocycles. The molecule has 5 aliphatic rings. The Morgan fingerprint density at radius 1 is 1.07 bits per heavy atom. The molecule has 3 fully saturated rings. The van der Waals surface area contributed by atoms with Gasteiger partial charge in [-0.2, -0.15) is 13.2 Å². The van der Waals surface area contributed by atoms with Crippen molar-refractivity contribution in [2.45, 2.75) is 117 Å². The molecule has 3 saturated carbocycles. The molecule has 1 aromatic heterocycles. The number of rotatable bonds is 4. The van der Waals surface area contributed by atoms with Crippen LogP contribution in [0.5, 0.6) is 0 Å². The van der Waals surface area contributed by atoms with E-state index in [0.29, 0.717) is 32.1 Å². The Morgan fingerprint density at radius 2 is 1.76 bits per heavy atom. The van der Waals surface area contributed by atoms with Gasteiger partial charge in [0.2, 0.25) is 0 Å². The summed E-state index contributed by atoms with van der Waals surface area (Å²) in [5.74, 6) is -0.142. The van der Waals surface area contributed by atoms with Gasteiger partial charge in [-0.25, -0.2) is 0 Å². The molecule has 232 valence electrons. The van der Waals surface area contributed by atoms with Crippen LogP contribution in [0, 0.1) is 44.8 Å². The van der Waals surface area contributed by atoms with Crippen LogP contribution < -0.4 is 0 Å². The fourth-order valence-electron chi connectivity index (χ4n) is 11.3. The van der Waals surface area contributed by atoms with Crippen molar-refractivity contribution in [2.75, 3.05) is 6.61 Å². The Balaban J connectivity index is 1.46. The summed E-state index contributed by atoms with van der Waals surface area (Å²) < 4.78 is 45.4. The van der Waals surface area contributed by atoms with E-state index in [9.17, 15) is 27.9 Å². The normalized spacial score (nSPS) is 44.2. The molecule has 0 aliphatic heterocycles. The van der Waals surface area contributed by atoms with Gasteiger partial charge in [-0.15, -0.1) is 0 Å². The predicted molar refractivity (Wildman–Crippen MR) is 151 cm³/mol. The van der Waals surface area contributed by atoms with Crippen molar-refractivity contribution in [1.82, 2.24) is 5.16 Å². The topological polar surface area (TPSA) is 80.4 Å². The molecule has 0 radical (unpaired) electrons. The number of nitrogens with zero attached hydrogens (tertiary/aromatic N) is 1. The Labute approximate surface area is 247 Å². The largest absolute Gasteiger partial charge is 0.395 e. The molecule has 8 heteroatoms. The molecule has 5 aliphatic carbocycles. The van der Waals surface area contributed by atoms with Crippen LogP contribution in [0.15, 0.2) is 22.4 Å². The van der Waals surface area contributed by atoms with Gasteiger partial charge in [0.1, 0.15) is 11.5 Å². The molecule has 0 spiro atoms. The number of hydrogen-bond acceptors (Lipinski definition) is 5. The fraction of sp³-hybridized carbons (Fsp3) is 0.794. The van der Waals surface area contributed by atoms with Crippen molar-refractivity contribution < 1.29 is 32.4 Å². The molecule has 5 nitrogen and oxygen atoms in total. The van der Waals surface area contributed by atoms with E-state index < -0.39 is 46.6 Å². The van der Waals surface area contributed by atoms with Gasteiger partial charge in [0, 0.05) is 23.3 Å². The summed E-state index contributed by atoms with van der Waals surface area (Å²) in [7, 11) is 0. The minimum atomic E-state index is -4.38. The van der Waals surface area contributed by atoms with Gasteiger partial charge in [0.05, 0.1) is 24.6 Å². The maximum absolute atomic E-state index is 14.6. The molecule has 1 heterocycles. The van der Waals surface area contributed by atoms with E-state index in [4.69, 9.17) is 4.52 Å². The first-order valence-corrected chi connectivity index (χ1v) is 15.8.